The minimum absolute atomic E-state index is 0.0944. The van der Waals surface area contributed by atoms with Crippen LogP contribution in [0.4, 0.5) is 0 Å². The van der Waals surface area contributed by atoms with Crippen molar-refractivity contribution in [3.8, 4) is 5.75 Å². The standard InChI is InChI=1S/C21H25NO2/c23-19-11-17-13-22-14-18(17)12-21(19)24-20-9-5-4-8-16(20)10-15-6-2-1-3-7-15/h1-9,17-19,21-23H,10-14H2/t17-,18+,19+,21+/m0/s1. The Kier molecular flexibility index (Phi) is 4.54. The molecule has 1 aliphatic heterocycles. The number of aliphatic hydroxyl groups is 1. The number of rotatable bonds is 4. The number of fused-ring (bicyclic) bond motifs is 1. The van der Waals surface area contributed by atoms with E-state index < -0.39 is 0 Å². The fourth-order valence-corrected chi connectivity index (χ4v) is 4.13. The number of nitrogens with one attached hydrogen (secondary N) is 1. The second kappa shape index (κ2) is 6.96. The van der Waals surface area contributed by atoms with Crippen LogP contribution < -0.4 is 10.1 Å². The summed E-state index contributed by atoms with van der Waals surface area (Å²) < 4.78 is 6.30. The van der Waals surface area contributed by atoms with E-state index in [0.717, 1.165) is 38.1 Å². The Hall–Kier alpha value is -1.84. The highest BCUT2D eigenvalue weighted by Gasteiger charge is 2.39. The molecular weight excluding hydrogens is 298 g/mol. The van der Waals surface area contributed by atoms with Gasteiger partial charge in [0.2, 0.25) is 0 Å². The maximum absolute atomic E-state index is 10.5. The van der Waals surface area contributed by atoms with Crippen LogP contribution in [0.5, 0.6) is 5.75 Å². The van der Waals surface area contributed by atoms with Crippen molar-refractivity contribution in [2.75, 3.05) is 13.1 Å². The smallest absolute Gasteiger partial charge is 0.125 e. The number of aliphatic hydroxyl groups excluding tert-OH is 1. The monoisotopic (exact) mass is 323 g/mol. The van der Waals surface area contributed by atoms with Crippen molar-refractivity contribution in [1.29, 1.82) is 0 Å². The number of benzene rings is 2. The van der Waals surface area contributed by atoms with Gasteiger partial charge in [0.1, 0.15) is 11.9 Å². The number of para-hydroxylation sites is 1. The molecule has 2 aromatic rings. The molecule has 1 saturated carbocycles. The SMILES string of the molecule is O[C@@H]1C[C@H]2CNC[C@H]2C[C@H]1Oc1ccccc1Cc1ccccc1. The van der Waals surface area contributed by atoms with Gasteiger partial charge in [-0.05, 0) is 55.0 Å². The van der Waals surface area contributed by atoms with Gasteiger partial charge in [0.15, 0.2) is 0 Å². The van der Waals surface area contributed by atoms with Crippen LogP contribution in [0, 0.1) is 11.8 Å². The summed E-state index contributed by atoms with van der Waals surface area (Å²) in [4.78, 5) is 0. The highest BCUT2D eigenvalue weighted by Crippen LogP contribution is 2.35. The lowest BCUT2D eigenvalue weighted by Crippen LogP contribution is -2.42. The molecule has 1 saturated heterocycles. The Labute approximate surface area is 143 Å². The molecule has 0 amide bonds. The summed E-state index contributed by atoms with van der Waals surface area (Å²) in [6, 6.07) is 18.7. The summed E-state index contributed by atoms with van der Waals surface area (Å²) in [7, 11) is 0. The predicted octanol–water partition coefficient (Wildman–Crippen LogP) is 3.02. The summed E-state index contributed by atoms with van der Waals surface area (Å²) >= 11 is 0. The fourth-order valence-electron chi connectivity index (χ4n) is 4.13. The third-order valence-electron chi connectivity index (χ3n) is 5.48. The van der Waals surface area contributed by atoms with Crippen LogP contribution in [0.3, 0.4) is 0 Å². The van der Waals surface area contributed by atoms with E-state index >= 15 is 0 Å². The van der Waals surface area contributed by atoms with Gasteiger partial charge in [-0.25, -0.2) is 0 Å². The maximum atomic E-state index is 10.5. The largest absolute Gasteiger partial charge is 0.487 e. The lowest BCUT2D eigenvalue weighted by Gasteiger charge is -2.35. The van der Waals surface area contributed by atoms with Crippen molar-refractivity contribution in [2.45, 2.75) is 31.5 Å². The molecule has 1 aliphatic carbocycles. The molecule has 2 fully saturated rings. The minimum atomic E-state index is -0.365. The van der Waals surface area contributed by atoms with Crippen molar-refractivity contribution >= 4 is 0 Å². The Balaban J connectivity index is 1.50. The summed E-state index contributed by atoms with van der Waals surface area (Å²) in [6.07, 6.45) is 2.19. The average molecular weight is 323 g/mol. The molecule has 0 aromatic heterocycles. The molecule has 1 heterocycles. The van der Waals surface area contributed by atoms with Crippen molar-refractivity contribution in [1.82, 2.24) is 5.32 Å². The molecule has 3 nitrogen and oxygen atoms in total. The van der Waals surface area contributed by atoms with E-state index in [2.05, 4.69) is 41.7 Å². The first-order chi connectivity index (χ1) is 11.8. The van der Waals surface area contributed by atoms with Gasteiger partial charge in [0.25, 0.3) is 0 Å². The first kappa shape index (κ1) is 15.7. The highest BCUT2D eigenvalue weighted by molar-refractivity contribution is 5.37. The Bertz CT molecular complexity index is 673. The Morgan fingerprint density at radius 1 is 0.917 bits per heavy atom. The quantitative estimate of drug-likeness (QED) is 0.909. The zero-order valence-electron chi connectivity index (χ0n) is 13.9. The molecule has 2 aromatic carbocycles. The summed E-state index contributed by atoms with van der Waals surface area (Å²) in [5.41, 5.74) is 2.46. The van der Waals surface area contributed by atoms with E-state index in [4.69, 9.17) is 4.74 Å². The van der Waals surface area contributed by atoms with Crippen LogP contribution in [0.2, 0.25) is 0 Å². The van der Waals surface area contributed by atoms with Gasteiger partial charge in [0.05, 0.1) is 6.10 Å². The van der Waals surface area contributed by atoms with E-state index in [-0.39, 0.29) is 12.2 Å². The van der Waals surface area contributed by atoms with Crippen molar-refractivity contribution in [3.05, 3.63) is 65.7 Å². The van der Waals surface area contributed by atoms with Gasteiger partial charge in [-0.2, -0.15) is 0 Å². The van der Waals surface area contributed by atoms with Crippen LogP contribution >= 0.6 is 0 Å². The van der Waals surface area contributed by atoms with E-state index in [1.807, 2.05) is 18.2 Å². The molecule has 4 atom stereocenters. The topological polar surface area (TPSA) is 41.5 Å². The molecule has 0 unspecified atom stereocenters. The first-order valence-corrected chi connectivity index (χ1v) is 8.97. The molecule has 3 heteroatoms. The normalized spacial score (nSPS) is 29.2. The van der Waals surface area contributed by atoms with Crippen LogP contribution in [-0.2, 0) is 6.42 Å². The third-order valence-corrected chi connectivity index (χ3v) is 5.48. The van der Waals surface area contributed by atoms with Gasteiger partial charge < -0.3 is 15.2 Å². The summed E-state index contributed by atoms with van der Waals surface area (Å²) in [5, 5.41) is 14.0. The van der Waals surface area contributed by atoms with Gasteiger partial charge in [-0.1, -0.05) is 48.5 Å². The minimum Gasteiger partial charge on any atom is -0.487 e. The summed E-state index contributed by atoms with van der Waals surface area (Å²) in [6.45, 7) is 2.10. The number of ether oxygens (including phenoxy) is 1. The van der Waals surface area contributed by atoms with Gasteiger partial charge >= 0.3 is 0 Å². The molecule has 0 radical (unpaired) electrons. The second-order valence-corrected chi connectivity index (χ2v) is 7.14. The van der Waals surface area contributed by atoms with Gasteiger partial charge in [-0.15, -0.1) is 0 Å². The van der Waals surface area contributed by atoms with E-state index in [9.17, 15) is 5.11 Å². The zero-order chi connectivity index (χ0) is 16.4. The van der Waals surface area contributed by atoms with Gasteiger partial charge in [0, 0.05) is 6.42 Å². The van der Waals surface area contributed by atoms with E-state index in [0.29, 0.717) is 11.8 Å². The number of hydrogen-bond acceptors (Lipinski definition) is 3. The molecule has 0 spiro atoms. The van der Waals surface area contributed by atoms with Crippen LogP contribution in [-0.4, -0.2) is 30.4 Å². The maximum Gasteiger partial charge on any atom is 0.125 e. The van der Waals surface area contributed by atoms with Crippen LogP contribution in [0.1, 0.15) is 24.0 Å². The van der Waals surface area contributed by atoms with Crippen molar-refractivity contribution in [3.63, 3.8) is 0 Å². The van der Waals surface area contributed by atoms with Crippen molar-refractivity contribution in [2.24, 2.45) is 11.8 Å². The van der Waals surface area contributed by atoms with Crippen molar-refractivity contribution < 1.29 is 9.84 Å². The van der Waals surface area contributed by atoms with Crippen LogP contribution in [0.15, 0.2) is 54.6 Å². The summed E-state index contributed by atoms with van der Waals surface area (Å²) in [5.74, 6) is 2.16. The molecule has 4 rings (SSSR count). The first-order valence-electron chi connectivity index (χ1n) is 8.97. The molecule has 2 N–H and O–H groups in total. The number of hydrogen-bond donors (Lipinski definition) is 2. The molecule has 2 aliphatic rings. The Morgan fingerprint density at radius 2 is 1.62 bits per heavy atom. The zero-order valence-corrected chi connectivity index (χ0v) is 13.9. The molecule has 126 valence electrons. The van der Waals surface area contributed by atoms with E-state index in [1.54, 1.807) is 0 Å². The lowest BCUT2D eigenvalue weighted by molar-refractivity contribution is -0.0234. The average Bonchev–Trinajstić information content (AvgIpc) is 3.05. The van der Waals surface area contributed by atoms with Crippen LogP contribution in [0.25, 0.3) is 0 Å². The Morgan fingerprint density at radius 3 is 2.46 bits per heavy atom. The fraction of sp³-hybridized carbons (Fsp3) is 0.429. The molecule has 0 bridgehead atoms. The van der Waals surface area contributed by atoms with E-state index in [1.165, 1.54) is 11.1 Å². The predicted molar refractivity (Wildman–Crippen MR) is 95.2 cm³/mol. The second-order valence-electron chi connectivity index (χ2n) is 7.14. The van der Waals surface area contributed by atoms with Gasteiger partial charge in [-0.3, -0.25) is 0 Å². The third kappa shape index (κ3) is 3.33. The lowest BCUT2D eigenvalue weighted by atomic mass is 9.78. The molecule has 24 heavy (non-hydrogen) atoms. The molecular formula is C21H25NO2. The highest BCUT2D eigenvalue weighted by atomic mass is 16.5.